The van der Waals surface area contributed by atoms with Gasteiger partial charge in [0.05, 0.1) is 5.71 Å². The van der Waals surface area contributed by atoms with Gasteiger partial charge < -0.3 is 10.1 Å². The summed E-state index contributed by atoms with van der Waals surface area (Å²) in [5, 5.41) is 7.59. The van der Waals surface area contributed by atoms with Gasteiger partial charge in [0.2, 0.25) is 5.91 Å². The minimum absolute atomic E-state index is 0.0504. The third-order valence-corrected chi connectivity index (χ3v) is 4.28. The minimum Gasteiger partial charge on any atom is -0.484 e. The molecule has 0 unspecified atom stereocenters. The fourth-order valence-electron chi connectivity index (χ4n) is 2.33. The van der Waals surface area contributed by atoms with Crippen LogP contribution in [0.2, 0.25) is 5.02 Å². The second kappa shape index (κ2) is 8.68. The molecule has 7 heteroatoms. The van der Waals surface area contributed by atoms with Crippen LogP contribution in [0.3, 0.4) is 0 Å². The molecule has 2 N–H and O–H groups in total. The Labute approximate surface area is 162 Å². The van der Waals surface area contributed by atoms with Crippen LogP contribution in [0.5, 0.6) is 5.75 Å². The van der Waals surface area contributed by atoms with Crippen LogP contribution in [0.4, 0.5) is 5.69 Å². The van der Waals surface area contributed by atoms with Gasteiger partial charge >= 0.3 is 0 Å². The fraction of sp³-hybridized carbons (Fsp3) is 0.250. The van der Waals surface area contributed by atoms with Crippen molar-refractivity contribution in [2.75, 3.05) is 11.9 Å². The highest BCUT2D eigenvalue weighted by molar-refractivity contribution is 6.30. The van der Waals surface area contributed by atoms with Gasteiger partial charge in [-0.15, -0.1) is 0 Å². The molecular weight excluding hydrogens is 366 g/mol. The van der Waals surface area contributed by atoms with E-state index < -0.39 is 0 Å². The van der Waals surface area contributed by atoms with Crippen LogP contribution in [0.1, 0.15) is 25.3 Å². The Morgan fingerprint density at radius 1 is 1.19 bits per heavy atom. The molecule has 1 aliphatic carbocycles. The zero-order chi connectivity index (χ0) is 19.2. The summed E-state index contributed by atoms with van der Waals surface area (Å²) in [7, 11) is 0. The maximum absolute atomic E-state index is 11.9. The van der Waals surface area contributed by atoms with Gasteiger partial charge in [-0.1, -0.05) is 23.7 Å². The van der Waals surface area contributed by atoms with Crippen molar-refractivity contribution in [1.82, 2.24) is 5.43 Å². The van der Waals surface area contributed by atoms with E-state index >= 15 is 0 Å². The molecule has 0 radical (unpaired) electrons. The smallest absolute Gasteiger partial charge is 0.277 e. The molecule has 0 atom stereocenters. The second-order valence-electron chi connectivity index (χ2n) is 6.32. The molecular formula is C20H20ClN3O3. The highest BCUT2D eigenvalue weighted by atomic mass is 35.5. The lowest BCUT2D eigenvalue weighted by molar-refractivity contribution is -0.123. The molecule has 140 valence electrons. The Balaban J connectivity index is 1.52. The van der Waals surface area contributed by atoms with E-state index in [4.69, 9.17) is 16.3 Å². The van der Waals surface area contributed by atoms with E-state index in [0.29, 0.717) is 16.5 Å². The summed E-state index contributed by atoms with van der Waals surface area (Å²) in [6.07, 6.45) is 1.91. The number of hydrogen-bond donors (Lipinski definition) is 2. The number of anilines is 1. The van der Waals surface area contributed by atoms with Crippen LogP contribution >= 0.6 is 11.6 Å². The van der Waals surface area contributed by atoms with E-state index in [9.17, 15) is 9.59 Å². The molecule has 1 aliphatic rings. The van der Waals surface area contributed by atoms with Crippen molar-refractivity contribution in [2.45, 2.75) is 19.8 Å². The average Bonchev–Trinajstić information content (AvgIpc) is 3.51. The quantitative estimate of drug-likeness (QED) is 0.564. The van der Waals surface area contributed by atoms with E-state index in [2.05, 4.69) is 15.8 Å². The van der Waals surface area contributed by atoms with Crippen molar-refractivity contribution in [3.05, 3.63) is 59.1 Å². The Kier molecular flexibility index (Phi) is 6.08. The molecule has 0 aliphatic heterocycles. The van der Waals surface area contributed by atoms with Crippen LogP contribution in [-0.4, -0.2) is 24.1 Å². The van der Waals surface area contributed by atoms with Crippen LogP contribution < -0.4 is 15.5 Å². The number of ether oxygens (including phenoxy) is 1. The van der Waals surface area contributed by atoms with Crippen molar-refractivity contribution >= 4 is 34.8 Å². The first kappa shape index (κ1) is 18.9. The van der Waals surface area contributed by atoms with Crippen LogP contribution in [0.15, 0.2) is 53.6 Å². The monoisotopic (exact) mass is 385 g/mol. The van der Waals surface area contributed by atoms with Gasteiger partial charge in [0.15, 0.2) is 6.61 Å². The molecule has 0 spiro atoms. The van der Waals surface area contributed by atoms with Crippen molar-refractivity contribution in [2.24, 2.45) is 11.0 Å². The van der Waals surface area contributed by atoms with Crippen LogP contribution in [0.25, 0.3) is 0 Å². The number of amides is 2. The first-order valence-electron chi connectivity index (χ1n) is 8.64. The molecule has 1 fully saturated rings. The van der Waals surface area contributed by atoms with E-state index in [0.717, 1.165) is 24.1 Å². The number of carbonyl (C=O) groups excluding carboxylic acids is 2. The highest BCUT2D eigenvalue weighted by Gasteiger charge is 2.29. The normalized spacial score (nSPS) is 13.8. The molecule has 3 rings (SSSR count). The SMILES string of the molecule is C/C(=N\NC(=O)COc1ccc(Cl)cc1)c1cccc(NC(=O)C2CC2)c1. The number of benzene rings is 2. The summed E-state index contributed by atoms with van der Waals surface area (Å²) in [6.45, 7) is 1.62. The lowest BCUT2D eigenvalue weighted by atomic mass is 10.1. The third-order valence-electron chi connectivity index (χ3n) is 4.03. The maximum Gasteiger partial charge on any atom is 0.277 e. The zero-order valence-electron chi connectivity index (χ0n) is 14.9. The zero-order valence-corrected chi connectivity index (χ0v) is 15.6. The van der Waals surface area contributed by atoms with Crippen molar-refractivity contribution < 1.29 is 14.3 Å². The van der Waals surface area contributed by atoms with Gasteiger partial charge in [0.1, 0.15) is 5.75 Å². The average molecular weight is 386 g/mol. The summed E-state index contributed by atoms with van der Waals surface area (Å²) in [5.74, 6) is 0.370. The van der Waals surface area contributed by atoms with Gasteiger partial charge in [0.25, 0.3) is 5.91 Å². The summed E-state index contributed by atoms with van der Waals surface area (Å²) in [4.78, 5) is 23.7. The highest BCUT2D eigenvalue weighted by Crippen LogP contribution is 2.30. The minimum atomic E-state index is -0.373. The fourth-order valence-corrected chi connectivity index (χ4v) is 2.46. The van der Waals surface area contributed by atoms with E-state index in [1.807, 2.05) is 24.3 Å². The molecule has 0 aromatic heterocycles. The van der Waals surface area contributed by atoms with Crippen LogP contribution in [0, 0.1) is 5.92 Å². The maximum atomic E-state index is 11.9. The predicted molar refractivity (Wildman–Crippen MR) is 105 cm³/mol. The van der Waals surface area contributed by atoms with Crippen molar-refractivity contribution in [3.8, 4) is 5.75 Å². The standard InChI is InChI=1S/C20H20ClN3O3/c1-13(15-3-2-4-17(11-15)22-20(26)14-5-6-14)23-24-19(25)12-27-18-9-7-16(21)8-10-18/h2-4,7-11,14H,5-6,12H2,1H3,(H,22,26)(H,24,25)/b23-13+. The van der Waals surface area contributed by atoms with Crippen molar-refractivity contribution in [3.63, 3.8) is 0 Å². The van der Waals surface area contributed by atoms with Gasteiger partial charge in [-0.2, -0.15) is 5.10 Å². The lowest BCUT2D eigenvalue weighted by Crippen LogP contribution is -2.25. The predicted octanol–water partition coefficient (Wildman–Crippen LogP) is 3.61. The molecule has 2 aromatic rings. The molecule has 0 saturated heterocycles. The first-order valence-corrected chi connectivity index (χ1v) is 9.02. The summed E-state index contributed by atoms with van der Waals surface area (Å²) < 4.78 is 5.36. The van der Waals surface area contributed by atoms with Gasteiger partial charge in [-0.25, -0.2) is 5.43 Å². The summed E-state index contributed by atoms with van der Waals surface area (Å²) in [6, 6.07) is 14.1. The van der Waals surface area contributed by atoms with Gasteiger partial charge in [-0.3, -0.25) is 9.59 Å². The second-order valence-corrected chi connectivity index (χ2v) is 6.76. The van der Waals surface area contributed by atoms with Gasteiger partial charge in [0, 0.05) is 16.6 Å². The Morgan fingerprint density at radius 3 is 2.63 bits per heavy atom. The number of rotatable bonds is 7. The number of carbonyl (C=O) groups is 2. The summed E-state index contributed by atoms with van der Waals surface area (Å²) >= 11 is 5.80. The number of nitrogens with zero attached hydrogens (tertiary/aromatic N) is 1. The molecule has 2 aromatic carbocycles. The molecule has 27 heavy (non-hydrogen) atoms. The topological polar surface area (TPSA) is 79.8 Å². The van der Waals surface area contributed by atoms with E-state index in [-0.39, 0.29) is 24.3 Å². The third kappa shape index (κ3) is 5.82. The number of halogens is 1. The van der Waals surface area contributed by atoms with Crippen molar-refractivity contribution in [1.29, 1.82) is 0 Å². The van der Waals surface area contributed by atoms with Crippen LogP contribution in [-0.2, 0) is 9.59 Å². The molecule has 2 amide bonds. The molecule has 0 heterocycles. The largest absolute Gasteiger partial charge is 0.484 e. The Bertz CT molecular complexity index is 861. The summed E-state index contributed by atoms with van der Waals surface area (Å²) in [5.41, 5.74) is 4.61. The Morgan fingerprint density at radius 2 is 1.93 bits per heavy atom. The molecule has 6 nitrogen and oxygen atoms in total. The number of nitrogens with one attached hydrogen (secondary N) is 2. The Hall–Kier alpha value is -2.86. The first-order chi connectivity index (χ1) is 13.0. The number of hydrogen-bond acceptors (Lipinski definition) is 4. The van der Waals surface area contributed by atoms with E-state index in [1.54, 1.807) is 31.2 Å². The van der Waals surface area contributed by atoms with Gasteiger partial charge in [-0.05, 0) is 61.7 Å². The number of hydrazone groups is 1. The molecule has 0 bridgehead atoms. The van der Waals surface area contributed by atoms with E-state index in [1.165, 1.54) is 0 Å². The lowest BCUT2D eigenvalue weighted by Gasteiger charge is -2.08. The molecule has 1 saturated carbocycles.